The molecule has 0 bridgehead atoms. The third kappa shape index (κ3) is 6.50. The van der Waals surface area contributed by atoms with Crippen molar-refractivity contribution in [2.24, 2.45) is 11.8 Å². The van der Waals surface area contributed by atoms with E-state index in [1.807, 2.05) is 6.07 Å². The second-order valence-corrected chi connectivity index (χ2v) is 10.3. The molecule has 38 heavy (non-hydrogen) atoms. The number of hydroxylamine groups is 1. The molecule has 1 fully saturated rings. The van der Waals surface area contributed by atoms with Crippen molar-refractivity contribution in [3.8, 4) is 0 Å². The molecule has 0 saturated heterocycles. The second kappa shape index (κ2) is 11.9. The summed E-state index contributed by atoms with van der Waals surface area (Å²) >= 11 is 0. The molecule has 9 nitrogen and oxygen atoms in total. The van der Waals surface area contributed by atoms with Gasteiger partial charge >= 0.3 is 0 Å². The number of para-hydroxylation sites is 2. The van der Waals surface area contributed by atoms with Crippen LogP contribution in [0, 0.1) is 17.7 Å². The Morgan fingerprint density at radius 3 is 2.42 bits per heavy atom. The van der Waals surface area contributed by atoms with E-state index in [4.69, 9.17) is 0 Å². The zero-order chi connectivity index (χ0) is 27.3. The molecule has 1 heterocycles. The number of nitrogens with zero attached hydrogens (tertiary/aromatic N) is 2. The topological polar surface area (TPSA) is 145 Å². The van der Waals surface area contributed by atoms with Crippen LogP contribution in [0.2, 0.25) is 0 Å². The highest BCUT2D eigenvalue weighted by Gasteiger charge is 2.45. The predicted octanol–water partition coefficient (Wildman–Crippen LogP) is 2.92. The molecule has 10 heteroatoms. The number of carbonyl (C=O) groups is 2. The van der Waals surface area contributed by atoms with E-state index in [1.165, 1.54) is 18.3 Å². The molecule has 3 atom stereocenters. The third-order valence-electron chi connectivity index (χ3n) is 7.52. The molecule has 4 rings (SSSR count). The Bertz CT molecular complexity index is 1260. The fourth-order valence-electron chi connectivity index (χ4n) is 5.13. The molecule has 0 aliphatic heterocycles. The SMILES string of the molecule is CC1CCC(O)(C(CC(O)C(Cc2ccc(F)cc2)NC(=O)c2cnc3ccccc3n2)C(=O)NO)CC1. The van der Waals surface area contributed by atoms with E-state index in [2.05, 4.69) is 22.2 Å². The molecule has 1 aliphatic rings. The summed E-state index contributed by atoms with van der Waals surface area (Å²) in [5.74, 6) is -2.51. The van der Waals surface area contributed by atoms with Crippen LogP contribution in [0.4, 0.5) is 4.39 Å². The first-order valence-corrected chi connectivity index (χ1v) is 12.8. The van der Waals surface area contributed by atoms with Crippen LogP contribution < -0.4 is 10.8 Å². The van der Waals surface area contributed by atoms with Crippen LogP contribution >= 0.6 is 0 Å². The molecular weight excluding hydrogens is 491 g/mol. The molecular formula is C28H33FN4O5. The number of fused-ring (bicyclic) bond motifs is 1. The van der Waals surface area contributed by atoms with Gasteiger partial charge in [-0.3, -0.25) is 19.8 Å². The lowest BCUT2D eigenvalue weighted by molar-refractivity contribution is -0.150. The number of carbonyl (C=O) groups excluding carboxylic acids is 2. The number of hydrogen-bond acceptors (Lipinski definition) is 7. The van der Waals surface area contributed by atoms with Gasteiger partial charge in [0.1, 0.15) is 11.5 Å². The largest absolute Gasteiger partial charge is 0.391 e. The number of nitrogens with one attached hydrogen (secondary N) is 2. The lowest BCUT2D eigenvalue weighted by Crippen LogP contribution is -2.52. The van der Waals surface area contributed by atoms with Crippen LogP contribution in [-0.2, 0) is 11.2 Å². The highest BCUT2D eigenvalue weighted by molar-refractivity contribution is 5.94. The van der Waals surface area contributed by atoms with Crippen molar-refractivity contribution in [2.75, 3.05) is 0 Å². The maximum Gasteiger partial charge on any atom is 0.271 e. The third-order valence-corrected chi connectivity index (χ3v) is 7.52. The van der Waals surface area contributed by atoms with Crippen molar-refractivity contribution in [1.29, 1.82) is 0 Å². The normalized spacial score (nSPS) is 21.9. The van der Waals surface area contributed by atoms with Gasteiger partial charge in [-0.15, -0.1) is 0 Å². The summed E-state index contributed by atoms with van der Waals surface area (Å²) < 4.78 is 13.5. The number of halogens is 1. The average molecular weight is 525 g/mol. The first-order chi connectivity index (χ1) is 18.2. The smallest absolute Gasteiger partial charge is 0.271 e. The fourth-order valence-corrected chi connectivity index (χ4v) is 5.13. The molecule has 2 aromatic carbocycles. The maximum absolute atomic E-state index is 13.5. The minimum Gasteiger partial charge on any atom is -0.391 e. The van der Waals surface area contributed by atoms with Crippen molar-refractivity contribution in [3.63, 3.8) is 0 Å². The van der Waals surface area contributed by atoms with Gasteiger partial charge in [0.25, 0.3) is 5.91 Å². The van der Waals surface area contributed by atoms with Gasteiger partial charge in [0, 0.05) is 0 Å². The Morgan fingerprint density at radius 2 is 1.76 bits per heavy atom. The summed E-state index contributed by atoms with van der Waals surface area (Å²) in [5.41, 5.74) is 2.07. The lowest BCUT2D eigenvalue weighted by Gasteiger charge is -2.41. The Labute approximate surface area is 220 Å². The molecule has 3 unspecified atom stereocenters. The van der Waals surface area contributed by atoms with Gasteiger partial charge in [-0.2, -0.15) is 0 Å². The average Bonchev–Trinajstić information content (AvgIpc) is 2.93. The van der Waals surface area contributed by atoms with Crippen LogP contribution in [0.5, 0.6) is 0 Å². The van der Waals surface area contributed by atoms with Crippen molar-refractivity contribution < 1.29 is 29.4 Å². The molecule has 0 spiro atoms. The van der Waals surface area contributed by atoms with Crippen molar-refractivity contribution in [2.45, 2.75) is 63.2 Å². The minimum atomic E-state index is -1.41. The minimum absolute atomic E-state index is 0.0459. The van der Waals surface area contributed by atoms with Gasteiger partial charge in [0.2, 0.25) is 5.91 Å². The molecule has 1 aliphatic carbocycles. The summed E-state index contributed by atoms with van der Waals surface area (Å²) in [6.45, 7) is 2.07. The van der Waals surface area contributed by atoms with E-state index in [-0.39, 0.29) is 18.5 Å². The van der Waals surface area contributed by atoms with Crippen molar-refractivity contribution >= 4 is 22.8 Å². The van der Waals surface area contributed by atoms with Crippen molar-refractivity contribution in [1.82, 2.24) is 20.8 Å². The molecule has 3 aromatic rings. The summed E-state index contributed by atoms with van der Waals surface area (Å²) in [7, 11) is 0. The van der Waals surface area contributed by atoms with Gasteiger partial charge in [0.05, 0.1) is 40.9 Å². The molecule has 2 amide bonds. The van der Waals surface area contributed by atoms with Crippen LogP contribution in [-0.4, -0.2) is 54.9 Å². The number of aliphatic hydroxyl groups is 2. The number of hydrogen-bond donors (Lipinski definition) is 5. The Morgan fingerprint density at radius 1 is 1.11 bits per heavy atom. The van der Waals surface area contributed by atoms with E-state index in [9.17, 15) is 29.4 Å². The molecule has 1 saturated carbocycles. The summed E-state index contributed by atoms with van der Waals surface area (Å²) in [6, 6.07) is 11.8. The summed E-state index contributed by atoms with van der Waals surface area (Å²) in [6.07, 6.45) is 2.07. The van der Waals surface area contributed by atoms with Gasteiger partial charge in [-0.1, -0.05) is 31.2 Å². The van der Waals surface area contributed by atoms with E-state index in [0.717, 1.165) is 0 Å². The number of aliphatic hydroxyl groups excluding tert-OH is 1. The molecule has 5 N–H and O–H groups in total. The Hall–Kier alpha value is -3.47. The van der Waals surface area contributed by atoms with E-state index in [1.54, 1.807) is 35.8 Å². The second-order valence-electron chi connectivity index (χ2n) is 10.3. The Kier molecular flexibility index (Phi) is 8.65. The van der Waals surface area contributed by atoms with Gasteiger partial charge in [0.15, 0.2) is 0 Å². The summed E-state index contributed by atoms with van der Waals surface area (Å²) in [4.78, 5) is 34.4. The zero-order valence-corrected chi connectivity index (χ0v) is 21.2. The standard InChI is InChI=1S/C28H33FN4O5/c1-17-10-12-28(37,13-11-17)20(26(35)33-38)15-25(34)23(14-18-6-8-19(29)9-7-18)32-27(36)24-16-30-21-4-2-3-5-22(21)31-24/h2-9,16-17,20,23,25,34,37-38H,10-15H2,1H3,(H,32,36)(H,33,35). The zero-order valence-electron chi connectivity index (χ0n) is 21.2. The quantitative estimate of drug-likeness (QED) is 0.214. The number of amides is 2. The van der Waals surface area contributed by atoms with E-state index >= 15 is 0 Å². The first kappa shape index (κ1) is 27.6. The number of rotatable bonds is 9. The fraction of sp³-hybridized carbons (Fsp3) is 0.429. The Balaban J connectivity index is 1.58. The lowest BCUT2D eigenvalue weighted by atomic mass is 9.70. The number of aromatic nitrogens is 2. The van der Waals surface area contributed by atoms with E-state index < -0.39 is 41.3 Å². The van der Waals surface area contributed by atoms with Crippen molar-refractivity contribution in [3.05, 3.63) is 71.8 Å². The molecule has 0 radical (unpaired) electrons. The summed E-state index contributed by atoms with van der Waals surface area (Å²) in [5, 5.41) is 34.8. The first-order valence-electron chi connectivity index (χ1n) is 12.8. The van der Waals surface area contributed by atoms with Gasteiger partial charge in [-0.25, -0.2) is 14.9 Å². The highest BCUT2D eigenvalue weighted by atomic mass is 19.1. The van der Waals surface area contributed by atoms with E-state index in [0.29, 0.717) is 48.2 Å². The highest BCUT2D eigenvalue weighted by Crippen LogP contribution is 2.39. The van der Waals surface area contributed by atoms with Crippen LogP contribution in [0.3, 0.4) is 0 Å². The van der Waals surface area contributed by atoms with Crippen LogP contribution in [0.15, 0.2) is 54.7 Å². The monoisotopic (exact) mass is 524 g/mol. The number of benzene rings is 2. The molecule has 1 aromatic heterocycles. The van der Waals surface area contributed by atoms with Crippen LogP contribution in [0.1, 0.15) is 55.1 Å². The van der Waals surface area contributed by atoms with Crippen LogP contribution in [0.25, 0.3) is 11.0 Å². The van der Waals surface area contributed by atoms with Gasteiger partial charge < -0.3 is 15.5 Å². The molecule has 202 valence electrons. The maximum atomic E-state index is 13.5. The predicted molar refractivity (Wildman–Crippen MR) is 138 cm³/mol. The van der Waals surface area contributed by atoms with Gasteiger partial charge in [-0.05, 0) is 74.3 Å².